The predicted octanol–water partition coefficient (Wildman–Crippen LogP) is 2.93. The lowest BCUT2D eigenvalue weighted by Gasteiger charge is -2.04. The van der Waals surface area contributed by atoms with Crippen LogP contribution in [0.4, 0.5) is 0 Å². The van der Waals surface area contributed by atoms with Gasteiger partial charge >= 0.3 is 0 Å². The normalized spacial score (nSPS) is 10.8. The first-order chi connectivity index (χ1) is 9.28. The van der Waals surface area contributed by atoms with Crippen LogP contribution in [-0.4, -0.2) is 24.8 Å². The summed E-state index contributed by atoms with van der Waals surface area (Å²) in [6.45, 7) is 3.36. The SMILES string of the molecule is COCCNCc1ccn(Cc2ccc(Cl)cc2)c1. The minimum absolute atomic E-state index is 0.742. The van der Waals surface area contributed by atoms with Crippen molar-refractivity contribution in [2.24, 2.45) is 0 Å². The van der Waals surface area contributed by atoms with Gasteiger partial charge in [-0.15, -0.1) is 0 Å². The molecule has 0 radical (unpaired) electrons. The van der Waals surface area contributed by atoms with Crippen molar-refractivity contribution in [3.63, 3.8) is 0 Å². The molecule has 0 aliphatic rings. The molecule has 1 aromatic heterocycles. The molecular formula is C15H19ClN2O. The number of nitrogens with one attached hydrogen (secondary N) is 1. The van der Waals surface area contributed by atoms with Gasteiger partial charge in [-0.1, -0.05) is 23.7 Å². The predicted molar refractivity (Wildman–Crippen MR) is 78.6 cm³/mol. The quantitative estimate of drug-likeness (QED) is 0.788. The Morgan fingerprint density at radius 2 is 1.95 bits per heavy atom. The number of halogens is 1. The molecule has 1 N–H and O–H groups in total. The summed E-state index contributed by atoms with van der Waals surface area (Å²) in [5.74, 6) is 0. The van der Waals surface area contributed by atoms with E-state index >= 15 is 0 Å². The molecule has 0 amide bonds. The summed E-state index contributed by atoms with van der Waals surface area (Å²) in [4.78, 5) is 0. The summed E-state index contributed by atoms with van der Waals surface area (Å²) >= 11 is 5.88. The van der Waals surface area contributed by atoms with Crippen LogP contribution in [0, 0.1) is 0 Å². The van der Waals surface area contributed by atoms with Gasteiger partial charge in [0.2, 0.25) is 0 Å². The van der Waals surface area contributed by atoms with Gasteiger partial charge < -0.3 is 14.6 Å². The van der Waals surface area contributed by atoms with Gasteiger partial charge in [0.25, 0.3) is 0 Å². The molecular weight excluding hydrogens is 260 g/mol. The largest absolute Gasteiger partial charge is 0.383 e. The second-order valence-corrected chi connectivity index (χ2v) is 4.92. The fraction of sp³-hybridized carbons (Fsp3) is 0.333. The van der Waals surface area contributed by atoms with E-state index < -0.39 is 0 Å². The van der Waals surface area contributed by atoms with Crippen molar-refractivity contribution in [3.8, 4) is 0 Å². The van der Waals surface area contributed by atoms with E-state index in [9.17, 15) is 0 Å². The summed E-state index contributed by atoms with van der Waals surface area (Å²) in [5.41, 5.74) is 2.53. The number of ether oxygens (including phenoxy) is 1. The van der Waals surface area contributed by atoms with Gasteiger partial charge in [-0.05, 0) is 29.3 Å². The molecule has 2 aromatic rings. The van der Waals surface area contributed by atoms with Crippen molar-refractivity contribution in [1.82, 2.24) is 9.88 Å². The Morgan fingerprint density at radius 3 is 2.68 bits per heavy atom. The number of nitrogens with zero attached hydrogens (tertiary/aromatic N) is 1. The maximum Gasteiger partial charge on any atom is 0.0587 e. The third kappa shape index (κ3) is 4.71. The van der Waals surface area contributed by atoms with Gasteiger partial charge in [-0.2, -0.15) is 0 Å². The van der Waals surface area contributed by atoms with Crippen molar-refractivity contribution in [1.29, 1.82) is 0 Å². The second kappa shape index (κ2) is 7.34. The Morgan fingerprint density at radius 1 is 1.16 bits per heavy atom. The number of rotatable bonds is 7. The van der Waals surface area contributed by atoms with Crippen LogP contribution in [0.3, 0.4) is 0 Å². The summed E-state index contributed by atoms with van der Waals surface area (Å²) in [5, 5.41) is 4.11. The molecule has 0 aliphatic heterocycles. The summed E-state index contributed by atoms with van der Waals surface area (Å²) in [6, 6.07) is 10.1. The van der Waals surface area contributed by atoms with Gasteiger partial charge in [0.05, 0.1) is 6.61 Å². The Bertz CT molecular complexity index is 493. The molecule has 3 nitrogen and oxygen atoms in total. The second-order valence-electron chi connectivity index (χ2n) is 4.49. The third-order valence-corrected chi connectivity index (χ3v) is 3.15. The fourth-order valence-corrected chi connectivity index (χ4v) is 2.03. The highest BCUT2D eigenvalue weighted by molar-refractivity contribution is 6.30. The summed E-state index contributed by atoms with van der Waals surface area (Å²) < 4.78 is 7.17. The smallest absolute Gasteiger partial charge is 0.0587 e. The molecule has 1 heterocycles. The van der Waals surface area contributed by atoms with Crippen molar-refractivity contribution in [2.75, 3.05) is 20.3 Å². The zero-order valence-electron chi connectivity index (χ0n) is 11.1. The molecule has 0 spiro atoms. The lowest BCUT2D eigenvalue weighted by Crippen LogP contribution is -2.18. The van der Waals surface area contributed by atoms with Crippen LogP contribution < -0.4 is 5.32 Å². The van der Waals surface area contributed by atoms with E-state index in [0.717, 1.165) is 31.3 Å². The average Bonchev–Trinajstić information content (AvgIpc) is 2.85. The molecule has 2 rings (SSSR count). The highest BCUT2D eigenvalue weighted by Gasteiger charge is 1.98. The zero-order valence-corrected chi connectivity index (χ0v) is 11.9. The minimum Gasteiger partial charge on any atom is -0.383 e. The standard InChI is InChI=1S/C15H19ClN2O/c1-19-9-7-17-10-14-6-8-18(12-14)11-13-2-4-15(16)5-3-13/h2-6,8,12,17H,7,9-11H2,1H3. The molecule has 19 heavy (non-hydrogen) atoms. The van der Waals surface area contributed by atoms with Gasteiger partial charge in [-0.25, -0.2) is 0 Å². The molecule has 0 aliphatic carbocycles. The highest BCUT2D eigenvalue weighted by Crippen LogP contribution is 2.11. The van der Waals surface area contributed by atoms with Gasteiger partial charge in [-0.3, -0.25) is 0 Å². The Kier molecular flexibility index (Phi) is 5.45. The highest BCUT2D eigenvalue weighted by atomic mass is 35.5. The molecule has 0 bridgehead atoms. The number of hydrogen-bond acceptors (Lipinski definition) is 2. The van der Waals surface area contributed by atoms with Crippen molar-refractivity contribution in [3.05, 3.63) is 58.9 Å². The number of hydrogen-bond donors (Lipinski definition) is 1. The summed E-state index contributed by atoms with van der Waals surface area (Å²) in [7, 11) is 1.71. The van der Waals surface area contributed by atoms with Crippen LogP contribution in [0.2, 0.25) is 5.02 Å². The van der Waals surface area contributed by atoms with Gasteiger partial charge in [0, 0.05) is 44.2 Å². The minimum atomic E-state index is 0.742. The Labute approximate surface area is 119 Å². The van der Waals surface area contributed by atoms with E-state index in [-0.39, 0.29) is 0 Å². The van der Waals surface area contributed by atoms with Crippen molar-refractivity contribution < 1.29 is 4.74 Å². The zero-order chi connectivity index (χ0) is 13.5. The van der Waals surface area contributed by atoms with Crippen LogP contribution in [0.15, 0.2) is 42.7 Å². The molecule has 0 saturated heterocycles. The van der Waals surface area contributed by atoms with Crippen LogP contribution in [0.25, 0.3) is 0 Å². The third-order valence-electron chi connectivity index (χ3n) is 2.90. The maximum absolute atomic E-state index is 5.88. The molecule has 0 unspecified atom stereocenters. The first-order valence-electron chi connectivity index (χ1n) is 6.36. The van der Waals surface area contributed by atoms with Crippen LogP contribution in [0.5, 0.6) is 0 Å². The fourth-order valence-electron chi connectivity index (χ4n) is 1.90. The van der Waals surface area contributed by atoms with Crippen LogP contribution in [0.1, 0.15) is 11.1 Å². The molecule has 0 atom stereocenters. The van der Waals surface area contributed by atoms with Crippen molar-refractivity contribution in [2.45, 2.75) is 13.1 Å². The molecule has 102 valence electrons. The van der Waals surface area contributed by atoms with Gasteiger partial charge in [0.1, 0.15) is 0 Å². The first kappa shape index (κ1) is 14.1. The first-order valence-corrected chi connectivity index (χ1v) is 6.74. The van der Waals surface area contributed by atoms with Crippen LogP contribution in [-0.2, 0) is 17.8 Å². The Hall–Kier alpha value is -1.29. The number of methoxy groups -OCH3 is 1. The van der Waals surface area contributed by atoms with E-state index in [0.29, 0.717) is 0 Å². The monoisotopic (exact) mass is 278 g/mol. The van der Waals surface area contributed by atoms with E-state index in [1.165, 1.54) is 11.1 Å². The Balaban J connectivity index is 1.85. The summed E-state index contributed by atoms with van der Waals surface area (Å²) in [6.07, 6.45) is 4.26. The van der Waals surface area contributed by atoms with Crippen LogP contribution >= 0.6 is 11.6 Å². The molecule has 4 heteroatoms. The molecule has 0 saturated carbocycles. The van der Waals surface area contributed by atoms with E-state index in [2.05, 4.69) is 40.5 Å². The number of benzene rings is 1. The van der Waals surface area contributed by atoms with Crippen molar-refractivity contribution >= 4 is 11.6 Å². The lowest BCUT2D eigenvalue weighted by molar-refractivity contribution is 0.199. The lowest BCUT2D eigenvalue weighted by atomic mass is 10.2. The number of aromatic nitrogens is 1. The van der Waals surface area contributed by atoms with Gasteiger partial charge in [0.15, 0.2) is 0 Å². The average molecular weight is 279 g/mol. The van der Waals surface area contributed by atoms with E-state index in [1.54, 1.807) is 7.11 Å². The molecule has 1 aromatic carbocycles. The maximum atomic E-state index is 5.88. The van der Waals surface area contributed by atoms with E-state index in [4.69, 9.17) is 16.3 Å². The van der Waals surface area contributed by atoms with E-state index in [1.807, 2.05) is 12.1 Å². The topological polar surface area (TPSA) is 26.2 Å². The molecule has 0 fully saturated rings.